The zero-order chi connectivity index (χ0) is 74.5. The van der Waals surface area contributed by atoms with Crippen LogP contribution in [0.2, 0.25) is 0 Å². The number of aromatic nitrogens is 10. The first-order chi connectivity index (χ1) is 55.5. The molecule has 20 aromatic rings. The van der Waals surface area contributed by atoms with Gasteiger partial charge in [-0.3, -0.25) is 9.97 Å². The van der Waals surface area contributed by atoms with Gasteiger partial charge in [0.25, 0.3) is 0 Å². The topological polar surface area (TPSA) is 129 Å². The zero-order valence-corrected chi connectivity index (χ0v) is 60.6. The highest BCUT2D eigenvalue weighted by molar-refractivity contribution is 6.11. The van der Waals surface area contributed by atoms with E-state index in [0.29, 0.717) is 11.6 Å². The van der Waals surface area contributed by atoms with Crippen molar-refractivity contribution in [3.63, 3.8) is 0 Å². The van der Waals surface area contributed by atoms with Gasteiger partial charge in [-0.15, -0.1) is 0 Å². The number of nitrogens with zero attached hydrogens (tertiary/aromatic N) is 10. The summed E-state index contributed by atoms with van der Waals surface area (Å²) in [6, 6.07) is 132. The summed E-state index contributed by atoms with van der Waals surface area (Å²) < 4.78 is 0. The van der Waals surface area contributed by atoms with Crippen molar-refractivity contribution in [2.45, 2.75) is 0 Å². The Bertz CT molecular complexity index is 6270. The molecule has 0 spiro atoms. The monoisotopic (exact) mass is 1430 g/mol. The Morgan fingerprint density at radius 3 is 0.902 bits per heavy atom. The van der Waals surface area contributed by atoms with Gasteiger partial charge in [0.15, 0.2) is 11.6 Å². The fourth-order valence-corrected chi connectivity index (χ4v) is 14.6. The Morgan fingerprint density at radius 2 is 0.491 bits per heavy atom. The van der Waals surface area contributed by atoms with Crippen LogP contribution in [-0.4, -0.2) is 49.8 Å². The number of pyridine rings is 6. The van der Waals surface area contributed by atoms with E-state index in [0.717, 1.165) is 189 Å². The predicted molar refractivity (Wildman–Crippen MR) is 457 cm³/mol. The molecule has 8 heterocycles. The molecule has 524 valence electrons. The van der Waals surface area contributed by atoms with Crippen LogP contribution in [0.4, 0.5) is 0 Å². The van der Waals surface area contributed by atoms with Gasteiger partial charge in [0.1, 0.15) is 5.69 Å². The van der Waals surface area contributed by atoms with Gasteiger partial charge in [-0.05, 0) is 117 Å². The third-order valence-corrected chi connectivity index (χ3v) is 20.3. The molecule has 0 aliphatic heterocycles. The van der Waals surface area contributed by atoms with Crippen LogP contribution in [0.1, 0.15) is 0 Å². The van der Waals surface area contributed by atoms with Crippen molar-refractivity contribution in [2.24, 2.45) is 0 Å². The van der Waals surface area contributed by atoms with Crippen LogP contribution in [0.25, 0.3) is 201 Å². The molecule has 20 rings (SSSR count). The average molecular weight is 1430 g/mol. The second-order valence-electron chi connectivity index (χ2n) is 27.5. The van der Waals surface area contributed by atoms with Gasteiger partial charge in [-0.1, -0.05) is 309 Å². The van der Waals surface area contributed by atoms with Crippen molar-refractivity contribution >= 4 is 43.6 Å². The second kappa shape index (κ2) is 30.2. The van der Waals surface area contributed by atoms with Crippen LogP contribution in [0, 0.1) is 0 Å². The van der Waals surface area contributed by atoms with Gasteiger partial charge < -0.3 is 0 Å². The molecule has 0 saturated heterocycles. The van der Waals surface area contributed by atoms with E-state index in [1.54, 1.807) is 12.4 Å². The SMILES string of the molecule is c1ccc(-c2cc(-c3ccc(-c4cccc(-c5cc(-c6ccccc6)nc6c5ccc5ccc(-c7ccccc7)nc56)c4)cc3)nc(-c3ccccn3)n2)cc1.c1ccc(-c2cc(-c3cccnc3)nc(-c3ccc(-c4cccc(-c5cc(-c6ccccc6)nc6c5ccc5ccc(-c7ccccc7)nc56)c4)cc3)n2)cc1. The van der Waals surface area contributed by atoms with Crippen molar-refractivity contribution in [3.8, 4) is 157 Å². The van der Waals surface area contributed by atoms with E-state index in [1.807, 2.05) is 128 Å². The maximum atomic E-state index is 5.29. The quantitative estimate of drug-likeness (QED) is 0.0971. The van der Waals surface area contributed by atoms with E-state index in [9.17, 15) is 0 Å². The number of rotatable bonds is 14. The van der Waals surface area contributed by atoms with Gasteiger partial charge in [-0.25, -0.2) is 39.9 Å². The second-order valence-corrected chi connectivity index (χ2v) is 27.5. The highest BCUT2D eigenvalue weighted by Gasteiger charge is 2.20. The van der Waals surface area contributed by atoms with E-state index in [1.165, 1.54) is 0 Å². The molecule has 10 heteroatoms. The normalized spacial score (nSPS) is 11.2. The van der Waals surface area contributed by atoms with Crippen molar-refractivity contribution in [1.82, 2.24) is 49.8 Å². The Morgan fingerprint density at radius 1 is 0.161 bits per heavy atom. The summed E-state index contributed by atoms with van der Waals surface area (Å²) in [4.78, 5) is 49.8. The smallest absolute Gasteiger partial charge is 0.179 e. The maximum Gasteiger partial charge on any atom is 0.179 e. The lowest BCUT2D eigenvalue weighted by molar-refractivity contribution is 1.15. The number of fused-ring (bicyclic) bond motifs is 6. The van der Waals surface area contributed by atoms with Crippen LogP contribution >= 0.6 is 0 Å². The van der Waals surface area contributed by atoms with Gasteiger partial charge in [0.05, 0.1) is 67.6 Å². The summed E-state index contributed by atoms with van der Waals surface area (Å²) in [5.41, 5.74) is 29.4. The number of hydrogen-bond donors (Lipinski definition) is 0. The molecule has 0 bridgehead atoms. The molecule has 0 atom stereocenters. The summed E-state index contributed by atoms with van der Waals surface area (Å²) in [6.07, 6.45) is 5.39. The van der Waals surface area contributed by atoms with E-state index in [2.05, 4.69) is 271 Å². The Kier molecular flexibility index (Phi) is 18.1. The fourth-order valence-electron chi connectivity index (χ4n) is 14.6. The third-order valence-electron chi connectivity index (χ3n) is 20.3. The molecule has 10 nitrogen and oxygen atoms in total. The third kappa shape index (κ3) is 13.9. The molecule has 0 radical (unpaired) electrons. The number of hydrogen-bond acceptors (Lipinski definition) is 10. The molecule has 0 fully saturated rings. The molecule has 12 aromatic carbocycles. The van der Waals surface area contributed by atoms with E-state index < -0.39 is 0 Å². The van der Waals surface area contributed by atoms with Crippen LogP contribution in [0.3, 0.4) is 0 Å². The van der Waals surface area contributed by atoms with Crippen molar-refractivity contribution in [3.05, 3.63) is 401 Å². The lowest BCUT2D eigenvalue weighted by atomic mass is 9.94. The van der Waals surface area contributed by atoms with E-state index in [-0.39, 0.29) is 0 Å². The molecular formula is C102H66N10. The Balaban J connectivity index is 0.000000151. The summed E-state index contributed by atoms with van der Waals surface area (Å²) >= 11 is 0. The lowest BCUT2D eigenvalue weighted by Gasteiger charge is -2.14. The first-order valence-electron chi connectivity index (χ1n) is 37.3. The maximum absolute atomic E-state index is 5.29. The number of benzene rings is 12. The first-order valence-corrected chi connectivity index (χ1v) is 37.3. The molecule has 0 amide bonds. The largest absolute Gasteiger partial charge is 0.264 e. The van der Waals surface area contributed by atoms with E-state index >= 15 is 0 Å². The van der Waals surface area contributed by atoms with Crippen LogP contribution < -0.4 is 0 Å². The lowest BCUT2D eigenvalue weighted by Crippen LogP contribution is -1.97. The summed E-state index contributed by atoms with van der Waals surface area (Å²) in [5.74, 6) is 1.26. The van der Waals surface area contributed by atoms with Crippen LogP contribution in [0.15, 0.2) is 401 Å². The van der Waals surface area contributed by atoms with Gasteiger partial charge in [-0.2, -0.15) is 0 Å². The predicted octanol–water partition coefficient (Wildman–Crippen LogP) is 25.3. The van der Waals surface area contributed by atoms with Crippen LogP contribution in [0.5, 0.6) is 0 Å². The summed E-state index contributed by atoms with van der Waals surface area (Å²) in [7, 11) is 0. The first kappa shape index (κ1) is 67.4. The Labute approximate surface area is 647 Å². The Hall–Kier alpha value is -15.3. The van der Waals surface area contributed by atoms with E-state index in [4.69, 9.17) is 39.9 Å². The average Bonchev–Trinajstić information content (AvgIpc) is 0.760. The van der Waals surface area contributed by atoms with Crippen molar-refractivity contribution < 1.29 is 0 Å². The minimum absolute atomic E-state index is 0.595. The van der Waals surface area contributed by atoms with Crippen molar-refractivity contribution in [2.75, 3.05) is 0 Å². The minimum Gasteiger partial charge on any atom is -0.264 e. The molecule has 0 saturated carbocycles. The molecule has 112 heavy (non-hydrogen) atoms. The molecule has 0 unspecified atom stereocenters. The van der Waals surface area contributed by atoms with Gasteiger partial charge in [0.2, 0.25) is 0 Å². The fraction of sp³-hybridized carbons (Fsp3) is 0. The molecule has 0 aliphatic rings. The standard InChI is InChI=1S/2C51H33N5/c1-4-12-35(13-5-1)45-28-26-38-25-27-43-44(31-46(36-14-6-2-7-15-36)54-50(43)49(38)53-45)41-19-10-18-40(30-41)34-21-23-39(24-22-34)51-55-47(37-16-8-3-9-17-37)32-48(56-51)42-20-11-29-52-33-42;1-4-13-35(14-5-1)44-29-27-39-26-28-42-43(32-46(36-15-6-2-7-16-36)54-50(42)49(39)53-44)41-20-12-19-40(31-41)34-22-24-38(25-23-34)48-33-47(37-17-8-3-9-18-37)55-51(56-48)45-21-10-11-30-52-45/h2*1-33H. The summed E-state index contributed by atoms with van der Waals surface area (Å²) in [5, 5.41) is 4.23. The zero-order valence-electron chi connectivity index (χ0n) is 60.6. The molecule has 0 aliphatic carbocycles. The molecular weight excluding hydrogens is 1370 g/mol. The summed E-state index contributed by atoms with van der Waals surface area (Å²) in [6.45, 7) is 0. The van der Waals surface area contributed by atoms with Crippen molar-refractivity contribution in [1.29, 1.82) is 0 Å². The van der Waals surface area contributed by atoms with Crippen LogP contribution in [-0.2, 0) is 0 Å². The molecule has 8 aromatic heterocycles. The highest BCUT2D eigenvalue weighted by atomic mass is 14.9. The minimum atomic E-state index is 0.595. The van der Waals surface area contributed by atoms with Gasteiger partial charge >= 0.3 is 0 Å². The molecule has 0 N–H and O–H groups in total. The van der Waals surface area contributed by atoms with Gasteiger partial charge in [0, 0.05) is 90.2 Å². The highest BCUT2D eigenvalue weighted by Crippen LogP contribution is 2.41.